The molecule has 160 valence electrons. The molecule has 3 aromatic heterocycles. The molecule has 5 aromatic rings. The molecule has 0 bridgehead atoms. The van der Waals surface area contributed by atoms with Crippen LogP contribution < -0.4 is 11.2 Å². The van der Waals surface area contributed by atoms with Crippen molar-refractivity contribution in [2.45, 2.75) is 13.2 Å². The topological polar surface area (TPSA) is 109 Å². The van der Waals surface area contributed by atoms with Crippen LogP contribution in [0.15, 0.2) is 68.8 Å². The van der Waals surface area contributed by atoms with E-state index in [1.54, 1.807) is 25.2 Å². The Kier molecular flexibility index (Phi) is 4.91. The summed E-state index contributed by atoms with van der Waals surface area (Å²) < 4.78 is 12.6. The van der Waals surface area contributed by atoms with Gasteiger partial charge < -0.3 is 4.74 Å². The number of esters is 1. The fraction of sp³-hybridized carbons (Fsp3) is 0.136. The van der Waals surface area contributed by atoms with Crippen molar-refractivity contribution in [3.05, 3.63) is 91.4 Å². The zero-order valence-electron chi connectivity index (χ0n) is 16.8. The molecule has 0 aliphatic carbocycles. The Bertz CT molecular complexity index is 1580. The van der Waals surface area contributed by atoms with Crippen LogP contribution >= 0.6 is 11.3 Å². The molecule has 0 atom stereocenters. The maximum atomic E-state index is 13.1. The Morgan fingerprint density at radius 1 is 1.03 bits per heavy atom. The summed E-state index contributed by atoms with van der Waals surface area (Å²) in [5.41, 5.74) is 1.72. The molecule has 0 N–H and O–H groups in total. The van der Waals surface area contributed by atoms with Crippen molar-refractivity contribution >= 4 is 38.6 Å². The molecule has 0 aliphatic heterocycles. The van der Waals surface area contributed by atoms with Gasteiger partial charge in [-0.3, -0.25) is 13.9 Å². The van der Waals surface area contributed by atoms with E-state index >= 15 is 0 Å². The molecule has 0 saturated carbocycles. The van der Waals surface area contributed by atoms with Gasteiger partial charge in [0, 0.05) is 7.05 Å². The Hall–Kier alpha value is -4.05. The summed E-state index contributed by atoms with van der Waals surface area (Å²) in [7, 11) is 1.57. The maximum absolute atomic E-state index is 13.1. The highest BCUT2D eigenvalue weighted by Crippen LogP contribution is 2.23. The third kappa shape index (κ3) is 3.50. The van der Waals surface area contributed by atoms with Gasteiger partial charge in [-0.25, -0.2) is 14.2 Å². The SMILES string of the molecule is Cn1c(=O)n(Cc2ccc3nonc3c2)c(=O)c2cc(C(=O)OCc3ccccc3)sc21. The van der Waals surface area contributed by atoms with Crippen LogP contribution in [0.1, 0.15) is 20.8 Å². The lowest BCUT2D eigenvalue weighted by atomic mass is 10.2. The minimum atomic E-state index is -0.544. The highest BCUT2D eigenvalue weighted by molar-refractivity contribution is 7.20. The van der Waals surface area contributed by atoms with E-state index in [1.807, 2.05) is 30.3 Å². The fourth-order valence-corrected chi connectivity index (χ4v) is 4.43. The summed E-state index contributed by atoms with van der Waals surface area (Å²) in [6.45, 7) is 0.171. The van der Waals surface area contributed by atoms with Crippen LogP contribution in [-0.2, 0) is 24.9 Å². The normalized spacial score (nSPS) is 11.3. The average Bonchev–Trinajstić information content (AvgIpc) is 3.47. The third-order valence-electron chi connectivity index (χ3n) is 5.08. The maximum Gasteiger partial charge on any atom is 0.348 e. The number of benzene rings is 2. The zero-order chi connectivity index (χ0) is 22.2. The number of hydrogen-bond acceptors (Lipinski definition) is 8. The number of carbonyl (C=O) groups is 1. The molecular weight excluding hydrogens is 432 g/mol. The van der Waals surface area contributed by atoms with Gasteiger partial charge in [0.15, 0.2) is 0 Å². The first-order valence-corrected chi connectivity index (χ1v) is 10.5. The van der Waals surface area contributed by atoms with E-state index in [0.717, 1.165) is 21.5 Å². The summed E-state index contributed by atoms with van der Waals surface area (Å²) in [6, 6.07) is 16.0. The molecule has 32 heavy (non-hydrogen) atoms. The van der Waals surface area contributed by atoms with Crippen LogP contribution in [0.3, 0.4) is 0 Å². The number of rotatable bonds is 5. The smallest absolute Gasteiger partial charge is 0.348 e. The van der Waals surface area contributed by atoms with Gasteiger partial charge in [-0.15, -0.1) is 11.3 Å². The molecular formula is C22H16N4O5S. The monoisotopic (exact) mass is 448 g/mol. The van der Waals surface area contributed by atoms with Crippen LogP contribution in [0, 0.1) is 0 Å². The van der Waals surface area contributed by atoms with Crippen molar-refractivity contribution in [3.8, 4) is 0 Å². The molecule has 5 rings (SSSR count). The summed E-state index contributed by atoms with van der Waals surface area (Å²) in [5.74, 6) is -0.544. The highest BCUT2D eigenvalue weighted by atomic mass is 32.1. The molecule has 10 heteroatoms. The number of aryl methyl sites for hydroxylation is 1. The quantitative estimate of drug-likeness (QED) is 0.380. The lowest BCUT2D eigenvalue weighted by Gasteiger charge is -2.08. The van der Waals surface area contributed by atoms with Gasteiger partial charge in [0.1, 0.15) is 27.3 Å². The largest absolute Gasteiger partial charge is 0.457 e. The number of ether oxygens (including phenoxy) is 1. The van der Waals surface area contributed by atoms with E-state index in [4.69, 9.17) is 9.37 Å². The Morgan fingerprint density at radius 3 is 2.62 bits per heavy atom. The van der Waals surface area contributed by atoms with Gasteiger partial charge in [-0.1, -0.05) is 36.4 Å². The van der Waals surface area contributed by atoms with Gasteiger partial charge in [-0.2, -0.15) is 0 Å². The van der Waals surface area contributed by atoms with Crippen LogP contribution in [0.5, 0.6) is 0 Å². The molecule has 0 aliphatic rings. The van der Waals surface area contributed by atoms with Crippen molar-refractivity contribution in [2.75, 3.05) is 0 Å². The number of aromatic nitrogens is 4. The van der Waals surface area contributed by atoms with E-state index in [1.165, 1.54) is 10.6 Å². The number of hydrogen-bond donors (Lipinski definition) is 0. The van der Waals surface area contributed by atoms with Crippen LogP contribution in [0.2, 0.25) is 0 Å². The van der Waals surface area contributed by atoms with E-state index < -0.39 is 17.2 Å². The summed E-state index contributed by atoms with van der Waals surface area (Å²) in [5, 5.41) is 7.82. The molecule has 0 amide bonds. The second kappa shape index (κ2) is 7.89. The van der Waals surface area contributed by atoms with Crippen molar-refractivity contribution in [1.82, 2.24) is 19.4 Å². The average molecular weight is 448 g/mol. The van der Waals surface area contributed by atoms with Gasteiger partial charge in [0.2, 0.25) is 0 Å². The fourth-order valence-electron chi connectivity index (χ4n) is 3.43. The molecule has 0 fully saturated rings. The number of fused-ring (bicyclic) bond motifs is 2. The third-order valence-corrected chi connectivity index (χ3v) is 6.27. The van der Waals surface area contributed by atoms with Crippen molar-refractivity contribution in [1.29, 1.82) is 0 Å². The van der Waals surface area contributed by atoms with Gasteiger partial charge in [0.05, 0.1) is 11.9 Å². The second-order valence-corrected chi connectivity index (χ2v) is 8.24. The molecule has 0 unspecified atom stereocenters. The van der Waals surface area contributed by atoms with Gasteiger partial charge in [-0.05, 0) is 39.6 Å². The van der Waals surface area contributed by atoms with Crippen molar-refractivity contribution in [2.24, 2.45) is 7.05 Å². The van der Waals surface area contributed by atoms with Crippen LogP contribution in [0.25, 0.3) is 21.3 Å². The second-order valence-electron chi connectivity index (χ2n) is 7.21. The standard InChI is InChI=1S/C22H16N4O5S/c1-25-20-15(10-18(32-20)21(28)30-12-13-5-3-2-4-6-13)19(27)26(22(25)29)11-14-7-8-16-17(9-14)24-31-23-16/h2-10H,11-12H2,1H3. The summed E-state index contributed by atoms with van der Waals surface area (Å²) in [6.07, 6.45) is 0. The van der Waals surface area contributed by atoms with Gasteiger partial charge >= 0.3 is 11.7 Å². The number of carbonyl (C=O) groups excluding carboxylic acids is 1. The Balaban J connectivity index is 1.48. The molecule has 0 radical (unpaired) electrons. The van der Waals surface area contributed by atoms with E-state index in [-0.39, 0.29) is 23.4 Å². The molecule has 0 spiro atoms. The van der Waals surface area contributed by atoms with Crippen LogP contribution in [0.4, 0.5) is 0 Å². The minimum Gasteiger partial charge on any atom is -0.457 e. The van der Waals surface area contributed by atoms with E-state index in [0.29, 0.717) is 21.4 Å². The predicted octanol–water partition coefficient (Wildman–Crippen LogP) is 2.70. The molecule has 9 nitrogen and oxygen atoms in total. The first-order valence-electron chi connectivity index (χ1n) is 9.67. The molecule has 0 saturated heterocycles. The number of thiophene rings is 1. The Labute approximate surface area is 184 Å². The van der Waals surface area contributed by atoms with Crippen molar-refractivity contribution in [3.63, 3.8) is 0 Å². The molecule has 3 heterocycles. The first-order chi connectivity index (χ1) is 15.5. The first kappa shape index (κ1) is 19.9. The zero-order valence-corrected chi connectivity index (χ0v) is 17.7. The van der Waals surface area contributed by atoms with E-state index in [9.17, 15) is 14.4 Å². The van der Waals surface area contributed by atoms with Crippen molar-refractivity contribution < 1.29 is 14.2 Å². The Morgan fingerprint density at radius 2 is 1.81 bits per heavy atom. The lowest BCUT2D eigenvalue weighted by Crippen LogP contribution is -2.38. The summed E-state index contributed by atoms with van der Waals surface area (Å²) in [4.78, 5) is 39.2. The number of nitrogens with zero attached hydrogens (tertiary/aromatic N) is 4. The lowest BCUT2D eigenvalue weighted by molar-refractivity contribution is 0.0478. The highest BCUT2D eigenvalue weighted by Gasteiger charge is 2.19. The summed E-state index contributed by atoms with van der Waals surface area (Å²) >= 11 is 1.06. The van der Waals surface area contributed by atoms with Crippen LogP contribution in [-0.4, -0.2) is 25.4 Å². The minimum absolute atomic E-state index is 0.0495. The predicted molar refractivity (Wildman–Crippen MR) is 118 cm³/mol. The van der Waals surface area contributed by atoms with Gasteiger partial charge in [0.25, 0.3) is 5.56 Å². The van der Waals surface area contributed by atoms with E-state index in [2.05, 4.69) is 10.3 Å². The molecule has 2 aromatic carbocycles.